The van der Waals surface area contributed by atoms with Gasteiger partial charge < -0.3 is 10.2 Å². The Hall–Kier alpha value is -2.40. The lowest BCUT2D eigenvalue weighted by Gasteiger charge is -2.32. The molecule has 2 saturated heterocycles. The van der Waals surface area contributed by atoms with Crippen LogP contribution in [-0.2, 0) is 16.0 Å². The molecular formula is C25H30ClN3O2. The molecule has 1 atom stereocenters. The van der Waals surface area contributed by atoms with E-state index in [0.717, 1.165) is 61.6 Å². The number of carbonyl (C=O) groups excluding carboxylic acids is 2. The monoisotopic (exact) mass is 439 g/mol. The van der Waals surface area contributed by atoms with Gasteiger partial charge in [-0.3, -0.25) is 14.6 Å². The highest BCUT2D eigenvalue weighted by molar-refractivity contribution is 6.30. The van der Waals surface area contributed by atoms with E-state index >= 15 is 0 Å². The summed E-state index contributed by atoms with van der Waals surface area (Å²) in [6.07, 6.45) is 5.47. The summed E-state index contributed by atoms with van der Waals surface area (Å²) in [6.45, 7) is 3.61. The van der Waals surface area contributed by atoms with Gasteiger partial charge in [-0.05, 0) is 74.4 Å². The molecule has 1 aromatic carbocycles. The Morgan fingerprint density at radius 2 is 1.87 bits per heavy atom. The summed E-state index contributed by atoms with van der Waals surface area (Å²) in [6, 6.07) is 12.5. The van der Waals surface area contributed by atoms with Crippen molar-refractivity contribution < 1.29 is 9.59 Å². The molecule has 2 fully saturated rings. The zero-order valence-corrected chi connectivity index (χ0v) is 18.8. The molecule has 2 aliphatic heterocycles. The molecule has 6 heteroatoms. The van der Waals surface area contributed by atoms with E-state index in [9.17, 15) is 9.59 Å². The van der Waals surface area contributed by atoms with Crippen LogP contribution in [0.4, 0.5) is 0 Å². The standard InChI is InChI=1S/C25H30ClN3O2/c1-17-14-19(15-18-2-4-21(26)5-3-18)16-23(27-17)20-10-12-29(13-11-20)25(31)9-7-22-6-8-24(30)28-22/h2-5,14,16,20,22H,6-13,15H2,1H3,(H,28,30)/t22-/m1/s1. The third kappa shape index (κ3) is 5.85. The van der Waals surface area contributed by atoms with Gasteiger partial charge in [0.1, 0.15) is 0 Å². The number of amides is 2. The van der Waals surface area contributed by atoms with Crippen molar-refractivity contribution in [1.82, 2.24) is 15.2 Å². The van der Waals surface area contributed by atoms with Crippen molar-refractivity contribution in [2.45, 2.75) is 63.8 Å². The van der Waals surface area contributed by atoms with Gasteiger partial charge in [0.15, 0.2) is 0 Å². The number of carbonyl (C=O) groups is 2. The molecule has 4 rings (SSSR count). The third-order valence-electron chi connectivity index (χ3n) is 6.41. The van der Waals surface area contributed by atoms with Crippen molar-refractivity contribution in [3.63, 3.8) is 0 Å². The summed E-state index contributed by atoms with van der Waals surface area (Å²) in [5.74, 6) is 0.710. The van der Waals surface area contributed by atoms with Gasteiger partial charge in [-0.2, -0.15) is 0 Å². The van der Waals surface area contributed by atoms with Crippen LogP contribution in [0.3, 0.4) is 0 Å². The predicted octanol–water partition coefficient (Wildman–Crippen LogP) is 4.40. The summed E-state index contributed by atoms with van der Waals surface area (Å²) < 4.78 is 0. The number of likely N-dealkylation sites (tertiary alicyclic amines) is 1. The molecule has 3 heterocycles. The topological polar surface area (TPSA) is 62.3 Å². The average Bonchev–Trinajstić information content (AvgIpc) is 3.18. The normalized spacial score (nSPS) is 19.5. The van der Waals surface area contributed by atoms with Crippen molar-refractivity contribution in [2.75, 3.05) is 13.1 Å². The van der Waals surface area contributed by atoms with Gasteiger partial charge in [0, 0.05) is 54.3 Å². The van der Waals surface area contributed by atoms with Crippen LogP contribution < -0.4 is 5.32 Å². The van der Waals surface area contributed by atoms with Crippen LogP contribution in [-0.4, -0.2) is 40.8 Å². The Bertz CT molecular complexity index is 936. The summed E-state index contributed by atoms with van der Waals surface area (Å²) in [5, 5.41) is 3.70. The molecule has 2 amide bonds. The highest BCUT2D eigenvalue weighted by Crippen LogP contribution is 2.29. The fraction of sp³-hybridized carbons (Fsp3) is 0.480. The zero-order chi connectivity index (χ0) is 21.8. The Morgan fingerprint density at radius 3 is 2.55 bits per heavy atom. The lowest BCUT2D eigenvalue weighted by molar-refractivity contribution is -0.132. The van der Waals surface area contributed by atoms with Gasteiger partial charge in [-0.15, -0.1) is 0 Å². The first-order valence-corrected chi connectivity index (χ1v) is 11.6. The molecule has 1 aromatic heterocycles. The molecule has 164 valence electrons. The Balaban J connectivity index is 1.31. The Labute approximate surface area is 189 Å². The number of nitrogens with zero attached hydrogens (tertiary/aromatic N) is 2. The van der Waals surface area contributed by atoms with Crippen LogP contribution >= 0.6 is 11.6 Å². The molecule has 0 radical (unpaired) electrons. The van der Waals surface area contributed by atoms with Crippen molar-refractivity contribution in [3.8, 4) is 0 Å². The molecule has 0 saturated carbocycles. The van der Waals surface area contributed by atoms with Crippen LogP contribution in [0.5, 0.6) is 0 Å². The number of piperidine rings is 1. The van der Waals surface area contributed by atoms with Gasteiger partial charge in [0.05, 0.1) is 0 Å². The fourth-order valence-corrected chi connectivity index (χ4v) is 4.82. The maximum Gasteiger partial charge on any atom is 0.222 e. The number of hydrogen-bond donors (Lipinski definition) is 1. The molecule has 2 aliphatic rings. The number of pyridine rings is 1. The van der Waals surface area contributed by atoms with Crippen LogP contribution in [0, 0.1) is 6.92 Å². The average molecular weight is 440 g/mol. The van der Waals surface area contributed by atoms with Gasteiger partial charge in [0.2, 0.25) is 11.8 Å². The summed E-state index contributed by atoms with van der Waals surface area (Å²) in [4.78, 5) is 30.7. The second kappa shape index (κ2) is 9.82. The summed E-state index contributed by atoms with van der Waals surface area (Å²) >= 11 is 6.00. The minimum Gasteiger partial charge on any atom is -0.353 e. The second-order valence-electron chi connectivity index (χ2n) is 8.84. The Kier molecular flexibility index (Phi) is 6.91. The van der Waals surface area contributed by atoms with Gasteiger partial charge >= 0.3 is 0 Å². The van der Waals surface area contributed by atoms with E-state index in [1.54, 1.807) is 0 Å². The van der Waals surface area contributed by atoms with Crippen LogP contribution in [0.1, 0.15) is 67.0 Å². The van der Waals surface area contributed by atoms with Crippen molar-refractivity contribution in [3.05, 3.63) is 63.9 Å². The molecule has 0 unspecified atom stereocenters. The van der Waals surface area contributed by atoms with E-state index in [-0.39, 0.29) is 17.9 Å². The van der Waals surface area contributed by atoms with E-state index < -0.39 is 0 Å². The van der Waals surface area contributed by atoms with Gasteiger partial charge in [-0.1, -0.05) is 23.7 Å². The number of rotatable bonds is 6. The molecule has 0 spiro atoms. The highest BCUT2D eigenvalue weighted by atomic mass is 35.5. The minimum absolute atomic E-state index is 0.111. The number of nitrogens with one attached hydrogen (secondary N) is 1. The first kappa shape index (κ1) is 21.8. The van der Waals surface area contributed by atoms with Crippen molar-refractivity contribution in [2.24, 2.45) is 0 Å². The van der Waals surface area contributed by atoms with E-state index in [0.29, 0.717) is 18.8 Å². The second-order valence-corrected chi connectivity index (χ2v) is 9.28. The maximum atomic E-state index is 12.6. The van der Waals surface area contributed by atoms with Crippen molar-refractivity contribution >= 4 is 23.4 Å². The predicted molar refractivity (Wildman–Crippen MR) is 122 cm³/mol. The molecular weight excluding hydrogens is 410 g/mol. The summed E-state index contributed by atoms with van der Waals surface area (Å²) in [5.41, 5.74) is 4.69. The van der Waals surface area contributed by atoms with Crippen LogP contribution in [0.25, 0.3) is 0 Å². The van der Waals surface area contributed by atoms with Crippen molar-refractivity contribution in [1.29, 1.82) is 0 Å². The molecule has 1 N–H and O–H groups in total. The van der Waals surface area contributed by atoms with E-state index in [1.807, 2.05) is 17.0 Å². The minimum atomic E-state index is 0.111. The van der Waals surface area contributed by atoms with E-state index in [2.05, 4.69) is 36.5 Å². The maximum absolute atomic E-state index is 12.6. The molecule has 2 aromatic rings. The Morgan fingerprint density at radius 1 is 1.13 bits per heavy atom. The van der Waals surface area contributed by atoms with Crippen LogP contribution in [0.15, 0.2) is 36.4 Å². The highest BCUT2D eigenvalue weighted by Gasteiger charge is 2.26. The number of aromatic nitrogens is 1. The largest absolute Gasteiger partial charge is 0.353 e. The third-order valence-corrected chi connectivity index (χ3v) is 6.66. The van der Waals surface area contributed by atoms with E-state index in [1.165, 1.54) is 11.1 Å². The zero-order valence-electron chi connectivity index (χ0n) is 18.1. The lowest BCUT2D eigenvalue weighted by Crippen LogP contribution is -2.38. The lowest BCUT2D eigenvalue weighted by atomic mass is 9.91. The van der Waals surface area contributed by atoms with E-state index in [4.69, 9.17) is 16.6 Å². The smallest absolute Gasteiger partial charge is 0.222 e. The SMILES string of the molecule is Cc1cc(Cc2ccc(Cl)cc2)cc(C2CCN(C(=O)CC[C@H]3CCC(=O)N3)CC2)n1. The number of aryl methyl sites for hydroxylation is 1. The van der Waals surface area contributed by atoms with Gasteiger partial charge in [-0.25, -0.2) is 0 Å². The van der Waals surface area contributed by atoms with Gasteiger partial charge in [0.25, 0.3) is 0 Å². The number of hydrogen-bond acceptors (Lipinski definition) is 3. The molecule has 5 nitrogen and oxygen atoms in total. The summed E-state index contributed by atoms with van der Waals surface area (Å²) in [7, 11) is 0. The molecule has 31 heavy (non-hydrogen) atoms. The number of benzene rings is 1. The molecule has 0 bridgehead atoms. The first-order valence-electron chi connectivity index (χ1n) is 11.3. The quantitative estimate of drug-likeness (QED) is 0.725. The first-order chi connectivity index (χ1) is 15.0. The number of halogens is 1. The fourth-order valence-electron chi connectivity index (χ4n) is 4.69. The molecule has 0 aliphatic carbocycles. The van der Waals surface area contributed by atoms with Crippen LogP contribution in [0.2, 0.25) is 5.02 Å².